The van der Waals surface area contributed by atoms with Crippen LogP contribution in [0, 0.1) is 0 Å². The zero-order valence-electron chi connectivity index (χ0n) is 16.0. The van der Waals surface area contributed by atoms with Crippen LogP contribution in [0.3, 0.4) is 0 Å². The molecule has 25 heavy (non-hydrogen) atoms. The van der Waals surface area contributed by atoms with E-state index in [1.165, 1.54) is 7.11 Å². The van der Waals surface area contributed by atoms with Crippen LogP contribution in [0.25, 0.3) is 0 Å². The van der Waals surface area contributed by atoms with Crippen LogP contribution in [-0.4, -0.2) is 57.0 Å². The molecule has 8 nitrogen and oxygen atoms in total. The van der Waals surface area contributed by atoms with Crippen LogP contribution in [0.4, 0.5) is 4.79 Å². The number of ether oxygens (including phenoxy) is 3. The molecule has 0 aliphatic rings. The largest absolute Gasteiger partial charge is 0.467 e. The molecule has 0 saturated heterocycles. The highest BCUT2D eigenvalue weighted by Gasteiger charge is 2.21. The van der Waals surface area contributed by atoms with Crippen molar-refractivity contribution in [2.24, 2.45) is 0 Å². The number of carbonyl (C=O) groups excluding carboxylic acids is 3. The maximum absolute atomic E-state index is 11.9. The monoisotopic (exact) mass is 360 g/mol. The Kier molecular flexibility index (Phi) is 11.6. The molecule has 2 amide bonds. The van der Waals surface area contributed by atoms with Gasteiger partial charge in [0.15, 0.2) is 0 Å². The van der Waals surface area contributed by atoms with Gasteiger partial charge in [0.1, 0.15) is 11.6 Å². The average molecular weight is 360 g/mol. The van der Waals surface area contributed by atoms with Crippen LogP contribution in [0.1, 0.15) is 52.9 Å². The van der Waals surface area contributed by atoms with Crippen molar-refractivity contribution >= 4 is 18.0 Å². The number of methoxy groups -OCH3 is 2. The van der Waals surface area contributed by atoms with Gasteiger partial charge in [-0.1, -0.05) is 0 Å². The second-order valence-electron chi connectivity index (χ2n) is 6.66. The lowest BCUT2D eigenvalue weighted by molar-refractivity contribution is -0.145. The highest BCUT2D eigenvalue weighted by molar-refractivity contribution is 5.84. The van der Waals surface area contributed by atoms with Crippen LogP contribution in [0.15, 0.2) is 0 Å². The van der Waals surface area contributed by atoms with Crippen molar-refractivity contribution in [3.63, 3.8) is 0 Å². The third kappa shape index (κ3) is 13.2. The molecule has 0 aromatic carbocycles. The molecule has 0 unspecified atom stereocenters. The molecule has 0 rings (SSSR count). The minimum atomic E-state index is -0.659. The normalized spacial score (nSPS) is 12.2. The van der Waals surface area contributed by atoms with Crippen molar-refractivity contribution in [3.05, 3.63) is 0 Å². The summed E-state index contributed by atoms with van der Waals surface area (Å²) < 4.78 is 14.8. The summed E-state index contributed by atoms with van der Waals surface area (Å²) in [7, 11) is 2.91. The lowest BCUT2D eigenvalue weighted by Gasteiger charge is -2.19. The summed E-state index contributed by atoms with van der Waals surface area (Å²) in [5, 5.41) is 5.26. The van der Waals surface area contributed by atoms with E-state index in [2.05, 4.69) is 10.6 Å². The van der Waals surface area contributed by atoms with Crippen molar-refractivity contribution in [2.45, 2.75) is 64.5 Å². The average Bonchev–Trinajstić information content (AvgIpc) is 2.52. The highest BCUT2D eigenvalue weighted by atomic mass is 16.6. The fourth-order valence-electron chi connectivity index (χ4n) is 2.01. The third-order valence-corrected chi connectivity index (χ3v) is 3.16. The van der Waals surface area contributed by atoms with E-state index in [1.807, 2.05) is 0 Å². The van der Waals surface area contributed by atoms with E-state index in [1.54, 1.807) is 27.9 Å². The Bertz CT molecular complexity index is 420. The van der Waals surface area contributed by atoms with Crippen molar-refractivity contribution in [1.29, 1.82) is 0 Å². The van der Waals surface area contributed by atoms with Crippen LogP contribution in [-0.2, 0) is 23.8 Å². The smallest absolute Gasteiger partial charge is 0.407 e. The summed E-state index contributed by atoms with van der Waals surface area (Å²) in [6, 6.07) is -0.659. The summed E-state index contributed by atoms with van der Waals surface area (Å²) in [6.45, 7) is 6.26. The zero-order valence-corrected chi connectivity index (χ0v) is 16.0. The van der Waals surface area contributed by atoms with Gasteiger partial charge < -0.3 is 24.8 Å². The number of esters is 1. The molecular formula is C17H32N2O6. The Morgan fingerprint density at radius 2 is 1.72 bits per heavy atom. The number of alkyl carbamates (subject to hydrolysis) is 1. The molecule has 0 aliphatic carbocycles. The molecule has 1 atom stereocenters. The maximum Gasteiger partial charge on any atom is 0.407 e. The first kappa shape index (κ1) is 23.2. The SMILES string of the molecule is COCCCC[C@H](NC(=O)CCCNC(=O)OC(C)(C)C)C(=O)OC. The third-order valence-electron chi connectivity index (χ3n) is 3.16. The van der Waals surface area contributed by atoms with Gasteiger partial charge in [-0.25, -0.2) is 9.59 Å². The van der Waals surface area contributed by atoms with Crippen LogP contribution < -0.4 is 10.6 Å². The van der Waals surface area contributed by atoms with E-state index in [4.69, 9.17) is 14.2 Å². The minimum absolute atomic E-state index is 0.196. The van der Waals surface area contributed by atoms with Gasteiger partial charge in [0.05, 0.1) is 7.11 Å². The number of hydrogen-bond acceptors (Lipinski definition) is 6. The minimum Gasteiger partial charge on any atom is -0.467 e. The lowest BCUT2D eigenvalue weighted by Crippen LogP contribution is -2.41. The maximum atomic E-state index is 11.9. The molecule has 0 aliphatic heterocycles. The molecule has 0 spiro atoms. The fourth-order valence-corrected chi connectivity index (χ4v) is 2.01. The van der Waals surface area contributed by atoms with Gasteiger partial charge in [-0.3, -0.25) is 4.79 Å². The van der Waals surface area contributed by atoms with Gasteiger partial charge in [-0.15, -0.1) is 0 Å². The standard InChI is InChI=1S/C17H32N2O6/c1-17(2,3)25-16(22)18-11-8-10-14(20)19-13(15(21)24-5)9-6-7-12-23-4/h13H,6-12H2,1-5H3,(H,18,22)(H,19,20)/t13-/m0/s1. The molecule has 2 N–H and O–H groups in total. The van der Waals surface area contributed by atoms with E-state index in [0.717, 1.165) is 12.8 Å². The Labute approximate surface area is 150 Å². The Morgan fingerprint density at radius 3 is 2.28 bits per heavy atom. The zero-order chi connectivity index (χ0) is 19.3. The van der Waals surface area contributed by atoms with E-state index in [0.29, 0.717) is 26.0 Å². The predicted octanol–water partition coefficient (Wildman–Crippen LogP) is 1.77. The number of rotatable bonds is 11. The molecule has 8 heteroatoms. The number of carbonyl (C=O) groups is 3. The second kappa shape index (κ2) is 12.5. The molecule has 0 saturated carbocycles. The Hall–Kier alpha value is -1.83. The highest BCUT2D eigenvalue weighted by Crippen LogP contribution is 2.07. The first-order valence-corrected chi connectivity index (χ1v) is 8.52. The van der Waals surface area contributed by atoms with Crippen molar-refractivity contribution in [3.8, 4) is 0 Å². The fraction of sp³-hybridized carbons (Fsp3) is 0.824. The molecule has 0 aromatic rings. The van der Waals surface area contributed by atoms with E-state index in [-0.39, 0.29) is 12.3 Å². The van der Waals surface area contributed by atoms with Crippen molar-refractivity contribution < 1.29 is 28.6 Å². The molecule has 0 heterocycles. The van der Waals surface area contributed by atoms with Crippen LogP contribution in [0.2, 0.25) is 0 Å². The first-order chi connectivity index (χ1) is 11.7. The predicted molar refractivity (Wildman–Crippen MR) is 93.1 cm³/mol. The summed E-state index contributed by atoms with van der Waals surface area (Å²) in [4.78, 5) is 35.1. The molecule has 0 bridgehead atoms. The molecular weight excluding hydrogens is 328 g/mol. The van der Waals surface area contributed by atoms with Gasteiger partial charge >= 0.3 is 12.1 Å². The number of unbranched alkanes of at least 4 members (excludes halogenated alkanes) is 1. The lowest BCUT2D eigenvalue weighted by atomic mass is 10.1. The van der Waals surface area contributed by atoms with Gasteiger partial charge in [0.2, 0.25) is 5.91 Å². The number of hydrogen-bond donors (Lipinski definition) is 2. The second-order valence-corrected chi connectivity index (χ2v) is 6.66. The van der Waals surface area contributed by atoms with E-state index >= 15 is 0 Å². The van der Waals surface area contributed by atoms with E-state index in [9.17, 15) is 14.4 Å². The summed E-state index contributed by atoms with van der Waals surface area (Å²) >= 11 is 0. The van der Waals surface area contributed by atoms with Gasteiger partial charge in [-0.05, 0) is 46.5 Å². The Morgan fingerprint density at radius 1 is 1.04 bits per heavy atom. The van der Waals surface area contributed by atoms with Gasteiger partial charge in [0, 0.05) is 26.7 Å². The van der Waals surface area contributed by atoms with Crippen LogP contribution in [0.5, 0.6) is 0 Å². The van der Waals surface area contributed by atoms with Gasteiger partial charge in [-0.2, -0.15) is 0 Å². The quantitative estimate of drug-likeness (QED) is 0.430. The Balaban J connectivity index is 4.09. The first-order valence-electron chi connectivity index (χ1n) is 8.52. The van der Waals surface area contributed by atoms with Crippen molar-refractivity contribution in [2.75, 3.05) is 27.4 Å². The summed E-state index contributed by atoms with van der Waals surface area (Å²) in [5.41, 5.74) is -0.558. The van der Waals surface area contributed by atoms with Gasteiger partial charge in [0.25, 0.3) is 0 Å². The number of nitrogens with one attached hydrogen (secondary N) is 2. The number of amides is 2. The van der Waals surface area contributed by atoms with Crippen LogP contribution >= 0.6 is 0 Å². The topological polar surface area (TPSA) is 103 Å². The van der Waals surface area contributed by atoms with E-state index < -0.39 is 23.7 Å². The molecule has 0 radical (unpaired) electrons. The molecule has 0 aromatic heterocycles. The van der Waals surface area contributed by atoms with Crippen molar-refractivity contribution in [1.82, 2.24) is 10.6 Å². The summed E-state index contributed by atoms with van der Waals surface area (Å²) in [5.74, 6) is -0.717. The molecule has 146 valence electrons. The summed E-state index contributed by atoms with van der Waals surface area (Å²) in [6.07, 6.45) is 2.17. The molecule has 0 fully saturated rings.